The van der Waals surface area contributed by atoms with Gasteiger partial charge in [0.05, 0.1) is 17.2 Å². The second kappa shape index (κ2) is 5.95. The van der Waals surface area contributed by atoms with Crippen molar-refractivity contribution in [3.8, 4) is 6.07 Å². The van der Waals surface area contributed by atoms with E-state index in [9.17, 15) is 8.42 Å². The van der Waals surface area contributed by atoms with E-state index in [1.54, 1.807) is 0 Å². The van der Waals surface area contributed by atoms with E-state index in [4.69, 9.17) is 5.26 Å². The Labute approximate surface area is 137 Å². The molecule has 0 unspecified atom stereocenters. The summed E-state index contributed by atoms with van der Waals surface area (Å²) in [5.74, 6) is -0.0848. The maximum Gasteiger partial charge on any atom is 0.213 e. The van der Waals surface area contributed by atoms with Crippen LogP contribution in [-0.4, -0.2) is 20.2 Å². The molecular formula is C18H20N2O2S. The van der Waals surface area contributed by atoms with Gasteiger partial charge in [-0.15, -0.1) is 0 Å². The molecule has 0 aromatic heterocycles. The molecule has 1 aliphatic carbocycles. The molecule has 0 amide bonds. The van der Waals surface area contributed by atoms with E-state index in [2.05, 4.69) is 35.1 Å². The van der Waals surface area contributed by atoms with Gasteiger partial charge in [-0.1, -0.05) is 42.5 Å². The molecule has 120 valence electrons. The molecule has 3 rings (SSSR count). The Morgan fingerprint density at radius 2 is 1.91 bits per heavy atom. The first kappa shape index (κ1) is 16.0. The third-order valence-electron chi connectivity index (χ3n) is 4.29. The Hall–Kier alpha value is -1.90. The number of nitrogens with one attached hydrogen (secondary N) is 1. The van der Waals surface area contributed by atoms with Gasteiger partial charge in [-0.2, -0.15) is 5.26 Å². The normalized spacial score (nSPS) is 17.6. The zero-order valence-corrected chi connectivity index (χ0v) is 13.9. The standard InChI is InChI=1S/C18H20N2O2S/c1-14(20-23(21,22)13-18(12-19)8-9-18)10-15-6-7-16-4-2-3-5-17(16)11-15/h2-7,11,14,20H,8-10,13H2,1H3/t14-/m1/s1. The van der Waals surface area contributed by atoms with Crippen LogP contribution in [0.15, 0.2) is 42.5 Å². The average molecular weight is 328 g/mol. The van der Waals surface area contributed by atoms with Gasteiger partial charge in [0.15, 0.2) is 0 Å². The van der Waals surface area contributed by atoms with Crippen molar-refractivity contribution in [2.24, 2.45) is 5.41 Å². The first-order valence-corrected chi connectivity index (χ1v) is 9.46. The van der Waals surface area contributed by atoms with Crippen LogP contribution in [-0.2, 0) is 16.4 Å². The molecule has 0 saturated heterocycles. The largest absolute Gasteiger partial charge is 0.213 e. The predicted molar refractivity (Wildman–Crippen MR) is 91.3 cm³/mol. The molecule has 1 atom stereocenters. The van der Waals surface area contributed by atoms with Gasteiger partial charge >= 0.3 is 0 Å². The summed E-state index contributed by atoms with van der Waals surface area (Å²) in [6, 6.07) is 16.2. The van der Waals surface area contributed by atoms with Crippen LogP contribution in [0.2, 0.25) is 0 Å². The van der Waals surface area contributed by atoms with Crippen molar-refractivity contribution in [3.05, 3.63) is 48.0 Å². The average Bonchev–Trinajstić information content (AvgIpc) is 3.25. The Bertz CT molecular complexity index is 864. The van der Waals surface area contributed by atoms with Gasteiger partial charge in [-0.25, -0.2) is 13.1 Å². The van der Waals surface area contributed by atoms with E-state index >= 15 is 0 Å². The van der Waals surface area contributed by atoms with Gasteiger partial charge in [-0.05, 0) is 42.5 Å². The summed E-state index contributed by atoms with van der Waals surface area (Å²) < 4.78 is 27.1. The highest BCUT2D eigenvalue weighted by atomic mass is 32.2. The van der Waals surface area contributed by atoms with Crippen molar-refractivity contribution in [1.29, 1.82) is 5.26 Å². The van der Waals surface area contributed by atoms with Crippen LogP contribution in [0.25, 0.3) is 10.8 Å². The number of benzene rings is 2. The van der Waals surface area contributed by atoms with Gasteiger partial charge < -0.3 is 0 Å². The summed E-state index contributed by atoms with van der Waals surface area (Å²) in [6.07, 6.45) is 2.00. The van der Waals surface area contributed by atoms with Crippen molar-refractivity contribution in [2.75, 3.05) is 5.75 Å². The van der Waals surface area contributed by atoms with E-state index in [1.165, 1.54) is 5.39 Å². The summed E-state index contributed by atoms with van der Waals surface area (Å²) in [5, 5.41) is 11.4. The quantitative estimate of drug-likeness (QED) is 0.886. The molecule has 0 bridgehead atoms. The van der Waals surface area contributed by atoms with Crippen LogP contribution in [0.4, 0.5) is 0 Å². The third kappa shape index (κ3) is 3.90. The third-order valence-corrected chi connectivity index (χ3v) is 5.99. The Morgan fingerprint density at radius 1 is 1.22 bits per heavy atom. The number of rotatable bonds is 6. The fraction of sp³-hybridized carbons (Fsp3) is 0.389. The van der Waals surface area contributed by atoms with E-state index in [0.717, 1.165) is 10.9 Å². The molecule has 4 nitrogen and oxygen atoms in total. The summed E-state index contributed by atoms with van der Waals surface area (Å²) in [6.45, 7) is 1.86. The van der Waals surface area contributed by atoms with Crippen LogP contribution in [0.3, 0.4) is 0 Å². The van der Waals surface area contributed by atoms with Crippen molar-refractivity contribution in [2.45, 2.75) is 32.2 Å². The molecule has 1 saturated carbocycles. The maximum atomic E-state index is 12.2. The highest BCUT2D eigenvalue weighted by Crippen LogP contribution is 2.45. The van der Waals surface area contributed by atoms with Crippen molar-refractivity contribution < 1.29 is 8.42 Å². The van der Waals surface area contributed by atoms with Crippen molar-refractivity contribution in [1.82, 2.24) is 4.72 Å². The first-order valence-electron chi connectivity index (χ1n) is 7.80. The highest BCUT2D eigenvalue weighted by molar-refractivity contribution is 7.89. The number of fused-ring (bicyclic) bond motifs is 1. The predicted octanol–water partition coefficient (Wildman–Crippen LogP) is 2.99. The van der Waals surface area contributed by atoms with Gasteiger partial charge in [0.2, 0.25) is 10.0 Å². The molecular weight excluding hydrogens is 308 g/mol. The molecule has 2 aromatic rings. The number of sulfonamides is 1. The lowest BCUT2D eigenvalue weighted by Gasteiger charge is -2.16. The Balaban J connectivity index is 1.66. The fourth-order valence-corrected chi connectivity index (χ4v) is 4.77. The molecule has 1 fully saturated rings. The fourth-order valence-electron chi connectivity index (χ4n) is 2.91. The van der Waals surface area contributed by atoms with E-state index < -0.39 is 15.4 Å². The number of hydrogen-bond acceptors (Lipinski definition) is 3. The smallest absolute Gasteiger partial charge is 0.212 e. The molecule has 0 heterocycles. The van der Waals surface area contributed by atoms with Gasteiger partial charge in [0, 0.05) is 6.04 Å². The molecule has 0 radical (unpaired) electrons. The monoisotopic (exact) mass is 328 g/mol. The first-order chi connectivity index (χ1) is 10.9. The second-order valence-corrected chi connectivity index (χ2v) is 8.31. The van der Waals surface area contributed by atoms with Gasteiger partial charge in [0.1, 0.15) is 0 Å². The van der Waals surface area contributed by atoms with Crippen LogP contribution >= 0.6 is 0 Å². The zero-order chi connectivity index (χ0) is 16.5. The summed E-state index contributed by atoms with van der Waals surface area (Å²) in [5.41, 5.74) is 0.453. The molecule has 1 aliphatic rings. The maximum absolute atomic E-state index is 12.2. The van der Waals surface area contributed by atoms with E-state index in [0.29, 0.717) is 19.3 Å². The molecule has 1 N–H and O–H groups in total. The van der Waals surface area contributed by atoms with Crippen LogP contribution in [0.5, 0.6) is 0 Å². The minimum atomic E-state index is -3.42. The molecule has 5 heteroatoms. The molecule has 0 aliphatic heterocycles. The van der Waals surface area contributed by atoms with Crippen LogP contribution in [0, 0.1) is 16.7 Å². The zero-order valence-electron chi connectivity index (χ0n) is 13.1. The van der Waals surface area contributed by atoms with Gasteiger partial charge in [-0.3, -0.25) is 0 Å². The SMILES string of the molecule is C[C@H](Cc1ccc2ccccc2c1)NS(=O)(=O)CC1(C#N)CC1. The lowest BCUT2D eigenvalue weighted by molar-refractivity contribution is 0.549. The highest BCUT2D eigenvalue weighted by Gasteiger charge is 2.47. The van der Waals surface area contributed by atoms with Crippen LogP contribution < -0.4 is 4.72 Å². The topological polar surface area (TPSA) is 70.0 Å². The summed E-state index contributed by atoms with van der Waals surface area (Å²) >= 11 is 0. The van der Waals surface area contributed by atoms with Gasteiger partial charge in [0.25, 0.3) is 0 Å². The molecule has 2 aromatic carbocycles. The Morgan fingerprint density at radius 3 is 2.57 bits per heavy atom. The summed E-state index contributed by atoms with van der Waals surface area (Å²) in [4.78, 5) is 0. The van der Waals surface area contributed by atoms with Crippen molar-refractivity contribution in [3.63, 3.8) is 0 Å². The van der Waals surface area contributed by atoms with E-state index in [1.807, 2.05) is 25.1 Å². The van der Waals surface area contributed by atoms with E-state index in [-0.39, 0.29) is 11.8 Å². The lowest BCUT2D eigenvalue weighted by atomic mass is 10.0. The lowest BCUT2D eigenvalue weighted by Crippen LogP contribution is -2.37. The minimum absolute atomic E-state index is 0.0848. The number of nitrogens with zero attached hydrogens (tertiary/aromatic N) is 1. The summed E-state index contributed by atoms with van der Waals surface area (Å²) in [7, 11) is -3.42. The minimum Gasteiger partial charge on any atom is -0.212 e. The number of nitriles is 1. The van der Waals surface area contributed by atoms with Crippen LogP contribution in [0.1, 0.15) is 25.3 Å². The number of hydrogen-bond donors (Lipinski definition) is 1. The van der Waals surface area contributed by atoms with Crippen molar-refractivity contribution >= 4 is 20.8 Å². The molecule has 23 heavy (non-hydrogen) atoms. The molecule has 0 spiro atoms. The second-order valence-electron chi connectivity index (χ2n) is 6.56. The Kier molecular flexibility index (Phi) is 4.13.